The van der Waals surface area contributed by atoms with Crippen molar-refractivity contribution in [2.24, 2.45) is 0 Å². The molecular formula is C25H44N6O3S. The molecule has 1 saturated carbocycles. The molecule has 35 heavy (non-hydrogen) atoms. The van der Waals surface area contributed by atoms with Gasteiger partial charge < -0.3 is 15.4 Å². The summed E-state index contributed by atoms with van der Waals surface area (Å²) in [5, 5.41) is 14.0. The molecular weight excluding hydrogens is 464 g/mol. The number of nitrogens with one attached hydrogen (secondary N) is 3. The van der Waals surface area contributed by atoms with E-state index in [1.54, 1.807) is 12.4 Å². The van der Waals surface area contributed by atoms with Gasteiger partial charge >= 0.3 is 0 Å². The van der Waals surface area contributed by atoms with Gasteiger partial charge in [0, 0.05) is 50.3 Å². The van der Waals surface area contributed by atoms with E-state index in [0.717, 1.165) is 89.9 Å². The van der Waals surface area contributed by atoms with Gasteiger partial charge in [0.2, 0.25) is 10.0 Å². The summed E-state index contributed by atoms with van der Waals surface area (Å²) in [6.07, 6.45) is 13.2. The Balaban J connectivity index is 1.34. The summed E-state index contributed by atoms with van der Waals surface area (Å²) in [5.74, 6) is 0.507. The highest BCUT2D eigenvalue weighted by atomic mass is 32.2. The number of guanidine groups is 1. The Hall–Kier alpha value is -1.75. The number of morpholine rings is 1. The van der Waals surface area contributed by atoms with Gasteiger partial charge in [0.15, 0.2) is 5.96 Å². The van der Waals surface area contributed by atoms with Crippen LogP contribution in [0.5, 0.6) is 0 Å². The zero-order valence-electron chi connectivity index (χ0n) is 21.1. The number of pyridine rings is 1. The molecule has 1 aromatic rings. The molecule has 2 heterocycles. The molecule has 0 amide bonds. The topological polar surface area (TPSA) is 111 Å². The smallest absolute Gasteiger partial charge is 0.214 e. The zero-order valence-corrected chi connectivity index (χ0v) is 21.9. The standard InChI is InChI=1S/C25H44N6O3S/c26-25(29-23-11-14-27-15-12-23)28-13-6-1-2-7-22-35(32,33)31(24-9-4-3-5-10-24)17-8-16-30-18-20-34-21-19-30/h11-12,14-15,24H,1-10,13,16-22H2,(H3,26,27,28,29). The average molecular weight is 509 g/mol. The molecule has 0 radical (unpaired) electrons. The Kier molecular flexibility index (Phi) is 12.2. The van der Waals surface area contributed by atoms with Gasteiger partial charge in [-0.15, -0.1) is 0 Å². The van der Waals surface area contributed by atoms with E-state index in [1.165, 1.54) is 6.42 Å². The first kappa shape index (κ1) is 27.8. The number of unbranched alkanes of at least 4 members (excludes halogenated alkanes) is 3. The maximum absolute atomic E-state index is 13.3. The van der Waals surface area contributed by atoms with Gasteiger partial charge in [-0.3, -0.25) is 15.3 Å². The first-order valence-electron chi connectivity index (χ1n) is 13.3. The van der Waals surface area contributed by atoms with Gasteiger partial charge in [0.25, 0.3) is 0 Å². The maximum Gasteiger partial charge on any atom is 0.214 e. The lowest BCUT2D eigenvalue weighted by atomic mass is 9.95. The number of hydrogen-bond donors (Lipinski definition) is 3. The molecule has 1 aliphatic heterocycles. The number of anilines is 1. The monoisotopic (exact) mass is 508 g/mol. The minimum Gasteiger partial charge on any atom is -0.379 e. The van der Waals surface area contributed by atoms with E-state index in [1.807, 2.05) is 16.4 Å². The fourth-order valence-electron chi connectivity index (χ4n) is 4.91. The third-order valence-corrected chi connectivity index (χ3v) is 8.88. The first-order valence-corrected chi connectivity index (χ1v) is 14.9. The van der Waals surface area contributed by atoms with Crippen molar-refractivity contribution in [3.05, 3.63) is 24.5 Å². The molecule has 0 bridgehead atoms. The van der Waals surface area contributed by atoms with Gasteiger partial charge in [-0.25, -0.2) is 8.42 Å². The highest BCUT2D eigenvalue weighted by Crippen LogP contribution is 2.26. The van der Waals surface area contributed by atoms with Crippen LogP contribution >= 0.6 is 0 Å². The van der Waals surface area contributed by atoms with Crippen LogP contribution in [0.4, 0.5) is 5.69 Å². The second-order valence-corrected chi connectivity index (χ2v) is 11.6. The van der Waals surface area contributed by atoms with Crippen LogP contribution in [0.25, 0.3) is 0 Å². The Morgan fingerprint density at radius 2 is 1.77 bits per heavy atom. The fraction of sp³-hybridized carbons (Fsp3) is 0.760. The number of ether oxygens (including phenoxy) is 1. The largest absolute Gasteiger partial charge is 0.379 e. The van der Waals surface area contributed by atoms with Crippen LogP contribution in [0.15, 0.2) is 24.5 Å². The van der Waals surface area contributed by atoms with Gasteiger partial charge in [-0.1, -0.05) is 32.1 Å². The van der Waals surface area contributed by atoms with E-state index in [0.29, 0.717) is 19.5 Å². The van der Waals surface area contributed by atoms with Crippen molar-refractivity contribution in [2.45, 2.75) is 70.3 Å². The summed E-state index contributed by atoms with van der Waals surface area (Å²) in [6, 6.07) is 3.81. The van der Waals surface area contributed by atoms with Gasteiger partial charge in [-0.05, 0) is 50.8 Å². The molecule has 1 saturated heterocycles. The van der Waals surface area contributed by atoms with Crippen molar-refractivity contribution >= 4 is 21.7 Å². The molecule has 2 fully saturated rings. The van der Waals surface area contributed by atoms with E-state index >= 15 is 0 Å². The van der Waals surface area contributed by atoms with Crippen LogP contribution in [0.2, 0.25) is 0 Å². The predicted molar refractivity (Wildman–Crippen MR) is 141 cm³/mol. The quantitative estimate of drug-likeness (QED) is 0.201. The van der Waals surface area contributed by atoms with Crippen molar-refractivity contribution in [1.82, 2.24) is 19.5 Å². The van der Waals surface area contributed by atoms with Gasteiger partial charge in [0.05, 0.1) is 19.0 Å². The molecule has 0 atom stereocenters. The van der Waals surface area contributed by atoms with Crippen molar-refractivity contribution in [3.8, 4) is 0 Å². The third-order valence-electron chi connectivity index (χ3n) is 6.88. The minimum absolute atomic E-state index is 0.182. The van der Waals surface area contributed by atoms with E-state index in [4.69, 9.17) is 10.1 Å². The van der Waals surface area contributed by atoms with E-state index in [9.17, 15) is 8.42 Å². The Labute approximate surface area is 211 Å². The maximum atomic E-state index is 13.3. The van der Waals surface area contributed by atoms with Crippen molar-refractivity contribution in [2.75, 3.05) is 57.0 Å². The lowest BCUT2D eigenvalue weighted by molar-refractivity contribution is 0.0365. The van der Waals surface area contributed by atoms with Gasteiger partial charge in [0.1, 0.15) is 0 Å². The minimum atomic E-state index is -3.24. The zero-order chi connectivity index (χ0) is 24.8. The second-order valence-electron chi connectivity index (χ2n) is 9.60. The summed E-state index contributed by atoms with van der Waals surface area (Å²) in [6.45, 7) is 5.74. The summed E-state index contributed by atoms with van der Waals surface area (Å²) in [7, 11) is -3.24. The lowest BCUT2D eigenvalue weighted by Gasteiger charge is -2.34. The molecule has 2 aliphatic rings. The number of rotatable bonds is 14. The molecule has 9 nitrogen and oxygen atoms in total. The fourth-order valence-corrected chi connectivity index (χ4v) is 6.79. The highest BCUT2D eigenvalue weighted by molar-refractivity contribution is 7.89. The molecule has 10 heteroatoms. The molecule has 0 aromatic carbocycles. The van der Waals surface area contributed by atoms with Crippen molar-refractivity contribution in [3.63, 3.8) is 0 Å². The molecule has 0 spiro atoms. The molecule has 1 aromatic heterocycles. The number of nitrogens with zero attached hydrogens (tertiary/aromatic N) is 3. The summed E-state index contributed by atoms with van der Waals surface area (Å²) >= 11 is 0. The first-order chi connectivity index (χ1) is 17.0. The Bertz CT molecular complexity index is 827. The molecule has 3 rings (SSSR count). The van der Waals surface area contributed by atoms with Crippen LogP contribution in [-0.2, 0) is 14.8 Å². The SMILES string of the molecule is N=C(NCCCCCCS(=O)(=O)N(CCCN1CCOCC1)C1CCCCC1)Nc1ccncc1. The van der Waals surface area contributed by atoms with Crippen LogP contribution in [0.1, 0.15) is 64.2 Å². The lowest BCUT2D eigenvalue weighted by Crippen LogP contribution is -2.44. The molecule has 198 valence electrons. The van der Waals surface area contributed by atoms with Crippen LogP contribution in [0, 0.1) is 5.41 Å². The predicted octanol–water partition coefficient (Wildman–Crippen LogP) is 3.27. The molecule has 1 aliphatic carbocycles. The van der Waals surface area contributed by atoms with Crippen molar-refractivity contribution in [1.29, 1.82) is 5.41 Å². The Morgan fingerprint density at radius 1 is 1.06 bits per heavy atom. The summed E-state index contributed by atoms with van der Waals surface area (Å²) < 4.78 is 33.9. The van der Waals surface area contributed by atoms with Crippen LogP contribution < -0.4 is 10.6 Å². The highest BCUT2D eigenvalue weighted by Gasteiger charge is 2.30. The number of hydrogen-bond acceptors (Lipinski definition) is 6. The van der Waals surface area contributed by atoms with Crippen molar-refractivity contribution < 1.29 is 13.2 Å². The molecule has 3 N–H and O–H groups in total. The average Bonchev–Trinajstić information content (AvgIpc) is 2.87. The number of sulfonamides is 1. The van der Waals surface area contributed by atoms with Crippen LogP contribution in [0.3, 0.4) is 0 Å². The molecule has 0 unspecified atom stereocenters. The normalized spacial score (nSPS) is 18.0. The van der Waals surface area contributed by atoms with Crippen LogP contribution in [-0.4, -0.2) is 86.3 Å². The third kappa shape index (κ3) is 10.4. The summed E-state index contributed by atoms with van der Waals surface area (Å²) in [5.41, 5.74) is 0.829. The second kappa shape index (κ2) is 15.4. The van der Waals surface area contributed by atoms with E-state index < -0.39 is 10.0 Å². The Morgan fingerprint density at radius 3 is 2.51 bits per heavy atom. The van der Waals surface area contributed by atoms with E-state index in [2.05, 4.69) is 20.5 Å². The van der Waals surface area contributed by atoms with E-state index in [-0.39, 0.29) is 17.8 Å². The van der Waals surface area contributed by atoms with Gasteiger partial charge in [-0.2, -0.15) is 4.31 Å². The summed E-state index contributed by atoms with van der Waals surface area (Å²) in [4.78, 5) is 6.35. The number of aromatic nitrogens is 1.